The highest BCUT2D eigenvalue weighted by Gasteiger charge is 2.20. The Morgan fingerprint density at radius 3 is 2.50 bits per heavy atom. The number of carbonyl (C=O) groups is 1. The molecule has 0 aromatic heterocycles. The lowest BCUT2D eigenvalue weighted by molar-refractivity contribution is -0.139. The van der Waals surface area contributed by atoms with E-state index in [1.807, 2.05) is 24.3 Å². The summed E-state index contributed by atoms with van der Waals surface area (Å²) in [5.74, 6) is 0.304. The van der Waals surface area contributed by atoms with Gasteiger partial charge in [0.1, 0.15) is 0 Å². The Hall–Kier alpha value is -1.16. The molecule has 4 heteroatoms. The molecule has 0 amide bonds. The summed E-state index contributed by atoms with van der Waals surface area (Å²) in [6, 6.07) is 7.74. The van der Waals surface area contributed by atoms with Crippen molar-refractivity contribution in [2.24, 2.45) is 0 Å². The van der Waals surface area contributed by atoms with Gasteiger partial charge in [-0.05, 0) is 24.0 Å². The smallest absolute Gasteiger partial charge is 0.309 e. The van der Waals surface area contributed by atoms with E-state index in [4.69, 9.17) is 4.74 Å². The van der Waals surface area contributed by atoms with Crippen LogP contribution in [0.2, 0.25) is 0 Å². The van der Waals surface area contributed by atoms with Crippen molar-refractivity contribution in [3.63, 3.8) is 0 Å². The van der Waals surface area contributed by atoms with Crippen LogP contribution in [0.1, 0.15) is 43.2 Å². The molecular formula is C16H22O3S. The molecule has 0 heterocycles. The maximum atomic E-state index is 12.5. The summed E-state index contributed by atoms with van der Waals surface area (Å²) in [6.45, 7) is 0. The minimum absolute atomic E-state index is 0.249. The third-order valence-corrected chi connectivity index (χ3v) is 5.71. The van der Waals surface area contributed by atoms with Gasteiger partial charge >= 0.3 is 5.97 Å². The molecule has 0 bridgehead atoms. The van der Waals surface area contributed by atoms with Crippen LogP contribution in [0.25, 0.3) is 0 Å². The van der Waals surface area contributed by atoms with Crippen molar-refractivity contribution in [1.29, 1.82) is 0 Å². The van der Waals surface area contributed by atoms with Crippen LogP contribution in [0.5, 0.6) is 0 Å². The first-order valence-electron chi connectivity index (χ1n) is 7.21. The third-order valence-electron chi connectivity index (χ3n) is 3.90. The lowest BCUT2D eigenvalue weighted by Crippen LogP contribution is -2.20. The van der Waals surface area contributed by atoms with Crippen LogP contribution in [0, 0.1) is 0 Å². The molecule has 20 heavy (non-hydrogen) atoms. The molecule has 1 aromatic rings. The average Bonchev–Trinajstić information content (AvgIpc) is 2.50. The zero-order valence-electron chi connectivity index (χ0n) is 12.0. The molecule has 0 spiro atoms. The second kappa shape index (κ2) is 7.58. The molecule has 0 saturated heterocycles. The van der Waals surface area contributed by atoms with Gasteiger partial charge in [0.15, 0.2) is 0 Å². The SMILES string of the molecule is COC(=O)Cc1ccccc1CS(=O)C1CCCCC1. The van der Waals surface area contributed by atoms with Crippen molar-refractivity contribution in [2.75, 3.05) is 7.11 Å². The maximum Gasteiger partial charge on any atom is 0.309 e. The lowest BCUT2D eigenvalue weighted by Gasteiger charge is -2.21. The van der Waals surface area contributed by atoms with Gasteiger partial charge in [-0.2, -0.15) is 0 Å². The molecule has 1 saturated carbocycles. The van der Waals surface area contributed by atoms with Crippen molar-refractivity contribution < 1.29 is 13.7 Å². The number of hydrogen-bond acceptors (Lipinski definition) is 3. The first-order valence-corrected chi connectivity index (χ1v) is 8.59. The topological polar surface area (TPSA) is 43.4 Å². The fraction of sp³-hybridized carbons (Fsp3) is 0.562. The van der Waals surface area contributed by atoms with Crippen molar-refractivity contribution in [3.05, 3.63) is 35.4 Å². The number of benzene rings is 1. The van der Waals surface area contributed by atoms with Crippen LogP contribution >= 0.6 is 0 Å². The van der Waals surface area contributed by atoms with Gasteiger partial charge in [-0.3, -0.25) is 9.00 Å². The largest absolute Gasteiger partial charge is 0.469 e. The summed E-state index contributed by atoms with van der Waals surface area (Å²) in [5, 5.41) is 0.329. The van der Waals surface area contributed by atoms with E-state index < -0.39 is 10.8 Å². The molecule has 1 atom stereocenters. The molecule has 0 radical (unpaired) electrons. The summed E-state index contributed by atoms with van der Waals surface area (Å²) < 4.78 is 17.2. The Balaban J connectivity index is 2.04. The monoisotopic (exact) mass is 294 g/mol. The molecule has 2 rings (SSSR count). The van der Waals surface area contributed by atoms with E-state index in [1.54, 1.807) is 0 Å². The van der Waals surface area contributed by atoms with Gasteiger partial charge in [-0.1, -0.05) is 43.5 Å². The number of methoxy groups -OCH3 is 1. The Kier molecular flexibility index (Phi) is 5.77. The number of rotatable bonds is 5. The van der Waals surface area contributed by atoms with Gasteiger partial charge in [-0.25, -0.2) is 0 Å². The average molecular weight is 294 g/mol. The van der Waals surface area contributed by atoms with E-state index in [-0.39, 0.29) is 12.4 Å². The summed E-state index contributed by atoms with van der Waals surface area (Å²) in [7, 11) is 0.557. The number of ether oxygens (including phenoxy) is 1. The predicted molar refractivity (Wildman–Crippen MR) is 80.9 cm³/mol. The standard InChI is InChI=1S/C16H22O3S/c1-19-16(17)11-13-7-5-6-8-14(13)12-20(18)15-9-3-2-4-10-15/h5-8,15H,2-4,9-12H2,1H3. The van der Waals surface area contributed by atoms with E-state index in [1.165, 1.54) is 26.4 Å². The Morgan fingerprint density at radius 1 is 1.20 bits per heavy atom. The Bertz CT molecular complexity index is 478. The fourth-order valence-electron chi connectivity index (χ4n) is 2.70. The normalized spacial score (nSPS) is 17.6. The van der Waals surface area contributed by atoms with Gasteiger partial charge in [0.05, 0.1) is 13.5 Å². The van der Waals surface area contributed by atoms with Crippen LogP contribution in [0.3, 0.4) is 0 Å². The highest BCUT2D eigenvalue weighted by molar-refractivity contribution is 7.84. The van der Waals surface area contributed by atoms with E-state index in [0.717, 1.165) is 24.0 Å². The summed E-state index contributed by atoms with van der Waals surface area (Å²) in [5.41, 5.74) is 1.95. The molecule has 1 aromatic carbocycles. The van der Waals surface area contributed by atoms with Crippen molar-refractivity contribution in [1.82, 2.24) is 0 Å². The molecule has 0 aliphatic heterocycles. The molecule has 1 aliphatic rings. The van der Waals surface area contributed by atoms with Crippen molar-refractivity contribution >= 4 is 16.8 Å². The van der Waals surface area contributed by atoms with Crippen LogP contribution in [0.4, 0.5) is 0 Å². The molecular weight excluding hydrogens is 272 g/mol. The van der Waals surface area contributed by atoms with Crippen LogP contribution < -0.4 is 0 Å². The number of esters is 1. The first kappa shape index (κ1) is 15.2. The molecule has 1 aliphatic carbocycles. The lowest BCUT2D eigenvalue weighted by atomic mass is 10.0. The fourth-order valence-corrected chi connectivity index (χ4v) is 4.38. The Labute approximate surface area is 123 Å². The van der Waals surface area contributed by atoms with Crippen LogP contribution in [0.15, 0.2) is 24.3 Å². The van der Waals surface area contributed by atoms with Crippen molar-refractivity contribution in [2.45, 2.75) is 49.5 Å². The van der Waals surface area contributed by atoms with E-state index in [2.05, 4.69) is 0 Å². The zero-order chi connectivity index (χ0) is 14.4. The van der Waals surface area contributed by atoms with E-state index >= 15 is 0 Å². The molecule has 1 unspecified atom stereocenters. The summed E-state index contributed by atoms with van der Waals surface area (Å²) in [6.07, 6.45) is 6.07. The van der Waals surface area contributed by atoms with Crippen molar-refractivity contribution in [3.8, 4) is 0 Å². The summed E-state index contributed by atoms with van der Waals surface area (Å²) in [4.78, 5) is 11.4. The Morgan fingerprint density at radius 2 is 1.85 bits per heavy atom. The minimum atomic E-state index is -0.837. The van der Waals surface area contributed by atoms with Gasteiger partial charge in [0, 0.05) is 21.8 Å². The third kappa shape index (κ3) is 4.17. The predicted octanol–water partition coefficient (Wildman–Crippen LogP) is 2.98. The molecule has 110 valence electrons. The second-order valence-corrected chi connectivity index (χ2v) is 7.02. The maximum absolute atomic E-state index is 12.5. The van der Waals surface area contributed by atoms with Crippen LogP contribution in [-0.2, 0) is 32.5 Å². The quantitative estimate of drug-likeness (QED) is 0.784. The van der Waals surface area contributed by atoms with Gasteiger partial charge in [0.25, 0.3) is 0 Å². The molecule has 0 N–H and O–H groups in total. The van der Waals surface area contributed by atoms with Crippen LogP contribution in [-0.4, -0.2) is 22.5 Å². The van der Waals surface area contributed by atoms with E-state index in [9.17, 15) is 9.00 Å². The van der Waals surface area contributed by atoms with Gasteiger partial charge in [-0.15, -0.1) is 0 Å². The number of carbonyl (C=O) groups excluding carboxylic acids is 1. The van der Waals surface area contributed by atoms with Gasteiger partial charge < -0.3 is 4.74 Å². The highest BCUT2D eigenvalue weighted by Crippen LogP contribution is 2.24. The first-order chi connectivity index (χ1) is 9.70. The van der Waals surface area contributed by atoms with Gasteiger partial charge in [0.2, 0.25) is 0 Å². The highest BCUT2D eigenvalue weighted by atomic mass is 32.2. The number of hydrogen-bond donors (Lipinski definition) is 0. The molecule has 1 fully saturated rings. The summed E-state index contributed by atoms with van der Waals surface area (Å²) >= 11 is 0. The van der Waals surface area contributed by atoms with E-state index in [0.29, 0.717) is 11.0 Å². The zero-order valence-corrected chi connectivity index (χ0v) is 12.8. The molecule has 3 nitrogen and oxygen atoms in total. The minimum Gasteiger partial charge on any atom is -0.469 e. The second-order valence-electron chi connectivity index (χ2n) is 5.31.